The van der Waals surface area contributed by atoms with Gasteiger partial charge in [0.2, 0.25) is 0 Å². The Labute approximate surface area is 98.5 Å². The Morgan fingerprint density at radius 1 is 1.06 bits per heavy atom. The number of benzene rings is 1. The van der Waals surface area contributed by atoms with Gasteiger partial charge in [0.05, 0.1) is 24.3 Å². The molecule has 0 amide bonds. The summed E-state index contributed by atoms with van der Waals surface area (Å²) in [5.41, 5.74) is 0.810. The number of aromatic nitrogens is 3. The van der Waals surface area contributed by atoms with Crippen molar-refractivity contribution in [3.8, 4) is 0 Å². The summed E-state index contributed by atoms with van der Waals surface area (Å²) in [5.74, 6) is 0. The minimum atomic E-state index is 0.412. The molecule has 4 nitrogen and oxygen atoms in total. The van der Waals surface area contributed by atoms with Crippen LogP contribution in [-0.4, -0.2) is 14.7 Å². The van der Waals surface area contributed by atoms with Gasteiger partial charge >= 0.3 is 0 Å². The maximum atomic E-state index is 5.59. The second kappa shape index (κ2) is 4.25. The van der Waals surface area contributed by atoms with E-state index >= 15 is 0 Å². The van der Waals surface area contributed by atoms with Crippen LogP contribution in [0.1, 0.15) is 5.69 Å². The minimum Gasteiger partial charge on any atom is -0.408 e. The van der Waals surface area contributed by atoms with Crippen molar-refractivity contribution in [2.45, 2.75) is 6.61 Å². The largest absolute Gasteiger partial charge is 0.408 e. The topological polar surface area (TPSA) is 39.9 Å². The van der Waals surface area contributed by atoms with Gasteiger partial charge in [0.15, 0.2) is 6.61 Å². The fourth-order valence-corrected chi connectivity index (χ4v) is 1.68. The van der Waals surface area contributed by atoms with E-state index in [-0.39, 0.29) is 0 Å². The number of hydrogen-bond acceptors (Lipinski definition) is 3. The maximum Gasteiger partial charge on any atom is 0.158 e. The van der Waals surface area contributed by atoms with Crippen LogP contribution in [0.2, 0.25) is 0 Å². The molecule has 0 aliphatic carbocycles. The first-order valence-electron chi connectivity index (χ1n) is 5.37. The van der Waals surface area contributed by atoms with E-state index in [1.807, 2.05) is 24.5 Å². The molecular formula is C13H11N3O. The van der Waals surface area contributed by atoms with Crippen molar-refractivity contribution >= 4 is 10.8 Å². The Morgan fingerprint density at radius 3 is 2.47 bits per heavy atom. The number of rotatable bonds is 3. The lowest BCUT2D eigenvalue weighted by Crippen LogP contribution is -2.09. The molecule has 0 saturated carbocycles. The predicted molar refractivity (Wildman–Crippen MR) is 64.3 cm³/mol. The van der Waals surface area contributed by atoms with E-state index in [2.05, 4.69) is 22.1 Å². The van der Waals surface area contributed by atoms with Crippen LogP contribution in [0.5, 0.6) is 0 Å². The highest BCUT2D eigenvalue weighted by Gasteiger charge is 1.99. The fourth-order valence-electron chi connectivity index (χ4n) is 1.68. The van der Waals surface area contributed by atoms with E-state index in [0.717, 1.165) is 16.5 Å². The van der Waals surface area contributed by atoms with Crippen LogP contribution < -0.4 is 4.84 Å². The molecule has 3 aromatic rings. The van der Waals surface area contributed by atoms with E-state index in [9.17, 15) is 0 Å². The molecule has 0 fully saturated rings. The molecule has 0 unspecified atom stereocenters. The van der Waals surface area contributed by atoms with E-state index in [4.69, 9.17) is 4.84 Å². The van der Waals surface area contributed by atoms with Gasteiger partial charge in [-0.2, -0.15) is 4.73 Å². The Hall–Kier alpha value is -2.36. The molecule has 0 bridgehead atoms. The third-order valence-electron chi connectivity index (χ3n) is 2.51. The lowest BCUT2D eigenvalue weighted by molar-refractivity contribution is 0.0963. The second-order valence-corrected chi connectivity index (χ2v) is 3.72. The molecule has 0 atom stereocenters. The first-order valence-corrected chi connectivity index (χ1v) is 5.37. The van der Waals surface area contributed by atoms with Crippen molar-refractivity contribution < 1.29 is 4.84 Å². The van der Waals surface area contributed by atoms with E-state index in [0.29, 0.717) is 6.61 Å². The summed E-state index contributed by atoms with van der Waals surface area (Å²) in [5, 5.41) is 2.32. The molecule has 0 radical (unpaired) electrons. The normalized spacial score (nSPS) is 10.6. The van der Waals surface area contributed by atoms with Gasteiger partial charge in [0.25, 0.3) is 0 Å². The first-order chi connectivity index (χ1) is 8.42. The van der Waals surface area contributed by atoms with Crippen molar-refractivity contribution in [3.63, 3.8) is 0 Å². The Morgan fingerprint density at radius 2 is 1.82 bits per heavy atom. The monoisotopic (exact) mass is 225 g/mol. The van der Waals surface area contributed by atoms with Crippen LogP contribution in [0.4, 0.5) is 0 Å². The van der Waals surface area contributed by atoms with Crippen molar-refractivity contribution in [2.75, 3.05) is 0 Å². The van der Waals surface area contributed by atoms with Crippen LogP contribution in [0.25, 0.3) is 10.8 Å². The summed E-state index contributed by atoms with van der Waals surface area (Å²) < 4.78 is 1.71. The summed E-state index contributed by atoms with van der Waals surface area (Å²) >= 11 is 0. The third kappa shape index (κ3) is 2.10. The van der Waals surface area contributed by atoms with Gasteiger partial charge in [-0.05, 0) is 0 Å². The highest BCUT2D eigenvalue weighted by Crippen LogP contribution is 2.13. The zero-order valence-electron chi connectivity index (χ0n) is 9.15. The van der Waals surface area contributed by atoms with E-state index in [1.54, 1.807) is 23.3 Å². The average molecular weight is 225 g/mol. The van der Waals surface area contributed by atoms with Gasteiger partial charge in [-0.15, -0.1) is 0 Å². The lowest BCUT2D eigenvalue weighted by atomic mass is 10.2. The maximum absolute atomic E-state index is 5.59. The summed E-state index contributed by atoms with van der Waals surface area (Å²) in [6, 6.07) is 8.12. The Bertz CT molecular complexity index is 586. The molecule has 4 heteroatoms. The molecule has 0 saturated heterocycles. The van der Waals surface area contributed by atoms with E-state index in [1.165, 1.54) is 0 Å². The molecule has 84 valence electrons. The summed E-state index contributed by atoms with van der Waals surface area (Å²) in [6.45, 7) is 0.412. The van der Waals surface area contributed by atoms with Gasteiger partial charge in [0, 0.05) is 23.2 Å². The predicted octanol–water partition coefficient (Wildman–Crippen LogP) is 2.06. The van der Waals surface area contributed by atoms with Crippen LogP contribution in [0.3, 0.4) is 0 Å². The van der Waals surface area contributed by atoms with Gasteiger partial charge in [-0.3, -0.25) is 9.97 Å². The summed E-state index contributed by atoms with van der Waals surface area (Å²) in [4.78, 5) is 13.7. The van der Waals surface area contributed by atoms with Crippen LogP contribution in [-0.2, 0) is 6.61 Å². The van der Waals surface area contributed by atoms with Gasteiger partial charge in [-0.25, -0.2) is 0 Å². The third-order valence-corrected chi connectivity index (χ3v) is 2.51. The second-order valence-electron chi connectivity index (χ2n) is 3.72. The van der Waals surface area contributed by atoms with Crippen molar-refractivity contribution in [1.29, 1.82) is 0 Å². The highest BCUT2D eigenvalue weighted by atomic mass is 16.7. The smallest absolute Gasteiger partial charge is 0.158 e. The molecule has 2 aromatic heterocycles. The van der Waals surface area contributed by atoms with E-state index < -0.39 is 0 Å². The van der Waals surface area contributed by atoms with Gasteiger partial charge in [0.1, 0.15) is 0 Å². The van der Waals surface area contributed by atoms with Gasteiger partial charge < -0.3 is 4.84 Å². The van der Waals surface area contributed by atoms with Crippen molar-refractivity contribution in [3.05, 3.63) is 60.9 Å². The summed E-state index contributed by atoms with van der Waals surface area (Å²) in [6.07, 6.45) is 8.90. The summed E-state index contributed by atoms with van der Waals surface area (Å²) in [7, 11) is 0. The first kappa shape index (κ1) is 9.84. The molecule has 17 heavy (non-hydrogen) atoms. The molecule has 0 spiro atoms. The molecule has 1 aromatic carbocycles. The number of fused-ring (bicyclic) bond motifs is 1. The number of nitrogens with zero attached hydrogens (tertiary/aromatic N) is 3. The minimum absolute atomic E-state index is 0.412. The van der Waals surface area contributed by atoms with Crippen molar-refractivity contribution in [1.82, 2.24) is 14.7 Å². The zero-order chi connectivity index (χ0) is 11.5. The van der Waals surface area contributed by atoms with Crippen molar-refractivity contribution in [2.24, 2.45) is 0 Å². The van der Waals surface area contributed by atoms with Crippen LogP contribution in [0, 0.1) is 0 Å². The molecule has 2 heterocycles. The van der Waals surface area contributed by atoms with Crippen LogP contribution in [0.15, 0.2) is 55.2 Å². The zero-order valence-corrected chi connectivity index (χ0v) is 9.15. The lowest BCUT2D eigenvalue weighted by Gasteiger charge is -2.04. The number of hydrogen-bond donors (Lipinski definition) is 0. The molecule has 0 aliphatic rings. The average Bonchev–Trinajstić information content (AvgIpc) is 2.80. The SMILES string of the molecule is c1ccc2cn(OCc3cnccn3)cc2c1. The fraction of sp³-hybridized carbons (Fsp3) is 0.0769. The standard InChI is InChI=1S/C13H11N3O/c1-2-4-12-9-16(8-11(12)3-1)17-10-13-7-14-5-6-15-13/h1-9H,10H2. The van der Waals surface area contributed by atoms with Crippen LogP contribution >= 0.6 is 0 Å². The highest BCUT2D eigenvalue weighted by molar-refractivity contribution is 5.81. The van der Waals surface area contributed by atoms with Gasteiger partial charge in [-0.1, -0.05) is 24.3 Å². The Balaban J connectivity index is 1.77. The Kier molecular flexibility index (Phi) is 2.46. The molecule has 3 rings (SSSR count). The molecular weight excluding hydrogens is 214 g/mol. The quantitative estimate of drug-likeness (QED) is 0.685. The molecule has 0 N–H and O–H groups in total. The molecule has 0 aliphatic heterocycles.